The maximum Gasteiger partial charge on any atom is 0.239 e. The molecule has 32 heavy (non-hydrogen) atoms. The van der Waals surface area contributed by atoms with Crippen LogP contribution >= 0.6 is 0 Å². The molecule has 5 heteroatoms. The first-order chi connectivity index (χ1) is 15.6. The van der Waals surface area contributed by atoms with Crippen molar-refractivity contribution in [2.45, 2.75) is 24.7 Å². The van der Waals surface area contributed by atoms with Crippen LogP contribution in [0.1, 0.15) is 46.1 Å². The Bertz CT molecular complexity index is 1130. The molecule has 0 radical (unpaired) electrons. The van der Waals surface area contributed by atoms with Crippen LogP contribution in [-0.4, -0.2) is 24.9 Å². The lowest BCUT2D eigenvalue weighted by Gasteiger charge is -2.45. The fourth-order valence-corrected chi connectivity index (χ4v) is 5.34. The highest BCUT2D eigenvalue weighted by Gasteiger charge is 2.42. The summed E-state index contributed by atoms with van der Waals surface area (Å²) < 4.78 is 13.3. The molecule has 2 bridgehead atoms. The summed E-state index contributed by atoms with van der Waals surface area (Å²) >= 11 is 0. The van der Waals surface area contributed by atoms with Crippen LogP contribution in [0, 0.1) is 11.7 Å². The molecule has 0 unspecified atom stereocenters. The molecule has 0 saturated heterocycles. The standard InChI is InChI=1S/C27H25FN2O2/c28-19-7-5-6-17(12-19)13-25(31)30-16-26(32)29-15-18-14-24-20-8-1-3-10-22(20)27(18)23-11-4-2-9-21(23)24/h1-12,18,24,27H,13-16H2,(H,29,32)(H,30,31)/t18-,24?,27?/m0/s1. The van der Waals surface area contributed by atoms with Gasteiger partial charge in [0.15, 0.2) is 0 Å². The van der Waals surface area contributed by atoms with Crippen LogP contribution in [-0.2, 0) is 16.0 Å². The number of carbonyl (C=O) groups is 2. The average molecular weight is 429 g/mol. The van der Waals surface area contributed by atoms with Crippen LogP contribution in [0.15, 0.2) is 72.8 Å². The van der Waals surface area contributed by atoms with E-state index in [4.69, 9.17) is 0 Å². The molecule has 3 aliphatic carbocycles. The van der Waals surface area contributed by atoms with Gasteiger partial charge in [-0.2, -0.15) is 0 Å². The van der Waals surface area contributed by atoms with Crippen molar-refractivity contribution in [2.75, 3.05) is 13.1 Å². The first-order valence-corrected chi connectivity index (χ1v) is 11.1. The summed E-state index contributed by atoms with van der Waals surface area (Å²) in [5, 5.41) is 5.64. The molecule has 3 aromatic rings. The minimum Gasteiger partial charge on any atom is -0.354 e. The van der Waals surface area contributed by atoms with Gasteiger partial charge in [0.1, 0.15) is 5.82 Å². The molecular formula is C27H25FN2O2. The number of carbonyl (C=O) groups excluding carboxylic acids is 2. The molecule has 3 aromatic carbocycles. The Morgan fingerprint density at radius 1 is 0.812 bits per heavy atom. The van der Waals surface area contributed by atoms with Crippen molar-refractivity contribution in [1.82, 2.24) is 10.6 Å². The van der Waals surface area contributed by atoms with Crippen molar-refractivity contribution in [3.63, 3.8) is 0 Å². The minimum atomic E-state index is -0.377. The van der Waals surface area contributed by atoms with Gasteiger partial charge < -0.3 is 10.6 Å². The lowest BCUT2D eigenvalue weighted by atomic mass is 9.59. The maximum atomic E-state index is 13.3. The van der Waals surface area contributed by atoms with Gasteiger partial charge in [0, 0.05) is 18.4 Å². The summed E-state index contributed by atoms with van der Waals surface area (Å²) in [6.07, 6.45) is 1.05. The van der Waals surface area contributed by atoms with Crippen LogP contribution < -0.4 is 10.6 Å². The molecule has 162 valence electrons. The lowest BCUT2D eigenvalue weighted by Crippen LogP contribution is -2.42. The van der Waals surface area contributed by atoms with E-state index in [-0.39, 0.29) is 36.5 Å². The minimum absolute atomic E-state index is 0.0466. The summed E-state index contributed by atoms with van der Waals surface area (Å²) in [5.74, 6) is 0.0659. The van der Waals surface area contributed by atoms with Gasteiger partial charge in [-0.15, -0.1) is 0 Å². The van der Waals surface area contributed by atoms with Gasteiger partial charge in [-0.1, -0.05) is 60.7 Å². The van der Waals surface area contributed by atoms with Gasteiger partial charge in [-0.3, -0.25) is 9.59 Å². The van der Waals surface area contributed by atoms with E-state index in [0.29, 0.717) is 23.9 Å². The zero-order valence-electron chi connectivity index (χ0n) is 17.7. The first kappa shape index (κ1) is 20.4. The van der Waals surface area contributed by atoms with Crippen LogP contribution in [0.25, 0.3) is 0 Å². The number of nitrogens with one attached hydrogen (secondary N) is 2. The molecule has 0 saturated carbocycles. The predicted molar refractivity (Wildman–Crippen MR) is 121 cm³/mol. The topological polar surface area (TPSA) is 58.2 Å². The number of halogens is 1. The zero-order chi connectivity index (χ0) is 22.1. The van der Waals surface area contributed by atoms with Crippen molar-refractivity contribution in [1.29, 1.82) is 0 Å². The van der Waals surface area contributed by atoms with Gasteiger partial charge in [0.2, 0.25) is 11.8 Å². The second kappa shape index (κ2) is 8.58. The second-order valence-electron chi connectivity index (χ2n) is 8.67. The predicted octanol–water partition coefficient (Wildman–Crippen LogP) is 3.90. The number of fused-ring (bicyclic) bond motifs is 1. The average Bonchev–Trinajstić information content (AvgIpc) is 2.81. The van der Waals surface area contributed by atoms with Crippen molar-refractivity contribution in [3.8, 4) is 0 Å². The van der Waals surface area contributed by atoms with Gasteiger partial charge in [0.25, 0.3) is 0 Å². The molecule has 2 N–H and O–H groups in total. The van der Waals surface area contributed by atoms with Crippen molar-refractivity contribution in [3.05, 3.63) is 106 Å². The Labute approximate surface area is 186 Å². The van der Waals surface area contributed by atoms with Crippen LogP contribution in [0.3, 0.4) is 0 Å². The van der Waals surface area contributed by atoms with Crippen LogP contribution in [0.2, 0.25) is 0 Å². The third-order valence-corrected chi connectivity index (χ3v) is 6.68. The number of amides is 2. The van der Waals surface area contributed by atoms with E-state index in [1.807, 2.05) is 0 Å². The van der Waals surface area contributed by atoms with E-state index < -0.39 is 0 Å². The summed E-state index contributed by atoms with van der Waals surface area (Å²) in [4.78, 5) is 24.5. The number of rotatable bonds is 6. The molecule has 0 aliphatic heterocycles. The SMILES string of the molecule is O=C(CNC(=O)Cc1cccc(F)c1)NC[C@@H]1CC2c3ccccc3C1c1ccccc12. The third-order valence-electron chi connectivity index (χ3n) is 6.68. The molecule has 6 rings (SSSR count). The van der Waals surface area contributed by atoms with E-state index in [0.717, 1.165) is 6.42 Å². The Kier molecular flexibility index (Phi) is 5.48. The highest BCUT2D eigenvalue weighted by Crippen LogP contribution is 2.55. The Hall–Kier alpha value is -3.47. The van der Waals surface area contributed by atoms with Crippen molar-refractivity contribution in [2.24, 2.45) is 5.92 Å². The zero-order valence-corrected chi connectivity index (χ0v) is 17.7. The normalized spacial score (nSPS) is 20.2. The number of benzene rings is 3. The third kappa shape index (κ3) is 3.91. The summed E-state index contributed by atoms with van der Waals surface area (Å²) in [7, 11) is 0. The molecule has 0 fully saturated rings. The summed E-state index contributed by atoms with van der Waals surface area (Å²) in [6, 6.07) is 23.2. The highest BCUT2D eigenvalue weighted by molar-refractivity contribution is 5.85. The molecule has 3 aliphatic rings. The van der Waals surface area contributed by atoms with Gasteiger partial charge in [-0.05, 0) is 52.3 Å². The fraction of sp³-hybridized carbons (Fsp3) is 0.259. The van der Waals surface area contributed by atoms with Gasteiger partial charge in [0.05, 0.1) is 13.0 Å². The Morgan fingerprint density at radius 3 is 2.12 bits per heavy atom. The maximum absolute atomic E-state index is 13.3. The van der Waals surface area contributed by atoms with Crippen molar-refractivity contribution >= 4 is 11.8 Å². The van der Waals surface area contributed by atoms with Crippen molar-refractivity contribution < 1.29 is 14.0 Å². The largest absolute Gasteiger partial charge is 0.354 e. The molecule has 1 atom stereocenters. The van der Waals surface area contributed by atoms with Crippen LogP contribution in [0.5, 0.6) is 0 Å². The monoisotopic (exact) mass is 428 g/mol. The van der Waals surface area contributed by atoms with Gasteiger partial charge in [-0.25, -0.2) is 4.39 Å². The van der Waals surface area contributed by atoms with Crippen LogP contribution in [0.4, 0.5) is 4.39 Å². The molecule has 2 amide bonds. The Balaban J connectivity index is 1.19. The second-order valence-corrected chi connectivity index (χ2v) is 8.67. The molecule has 4 nitrogen and oxygen atoms in total. The van der Waals surface area contributed by atoms with E-state index >= 15 is 0 Å². The Morgan fingerprint density at radius 2 is 1.47 bits per heavy atom. The van der Waals surface area contributed by atoms with Gasteiger partial charge >= 0.3 is 0 Å². The van der Waals surface area contributed by atoms with E-state index in [2.05, 4.69) is 59.2 Å². The quantitative estimate of drug-likeness (QED) is 0.626. The highest BCUT2D eigenvalue weighted by atomic mass is 19.1. The van der Waals surface area contributed by atoms with E-state index in [9.17, 15) is 14.0 Å². The fourth-order valence-electron chi connectivity index (χ4n) is 5.34. The molecular weight excluding hydrogens is 403 g/mol. The summed E-state index contributed by atoms with van der Waals surface area (Å²) in [5.41, 5.74) is 6.13. The molecule has 0 aromatic heterocycles. The number of hydrogen-bond donors (Lipinski definition) is 2. The lowest BCUT2D eigenvalue weighted by molar-refractivity contribution is -0.125. The molecule has 0 heterocycles. The molecule has 0 spiro atoms. The smallest absolute Gasteiger partial charge is 0.239 e. The summed E-state index contributed by atoms with van der Waals surface area (Å²) in [6.45, 7) is 0.491. The van der Waals surface area contributed by atoms with E-state index in [1.54, 1.807) is 12.1 Å². The van der Waals surface area contributed by atoms with E-state index in [1.165, 1.54) is 34.4 Å². The number of hydrogen-bond acceptors (Lipinski definition) is 2. The first-order valence-electron chi connectivity index (χ1n) is 11.1.